The van der Waals surface area contributed by atoms with E-state index in [2.05, 4.69) is 15.5 Å². The zero-order chi connectivity index (χ0) is 14.9. The molecule has 0 bridgehead atoms. The smallest absolute Gasteiger partial charge is 0.307 e. The highest BCUT2D eigenvalue weighted by molar-refractivity contribution is 5.72. The fourth-order valence-corrected chi connectivity index (χ4v) is 3.06. The van der Waals surface area contributed by atoms with E-state index in [4.69, 9.17) is 10.4 Å². The molecule has 3 atom stereocenters. The molecular formula is C14H18N4O2. The Kier molecular flexibility index (Phi) is 3.62. The minimum absolute atomic E-state index is 0.0730. The Morgan fingerprint density at radius 3 is 2.90 bits per heavy atom. The van der Waals surface area contributed by atoms with Crippen LogP contribution in [0.1, 0.15) is 32.8 Å². The van der Waals surface area contributed by atoms with E-state index >= 15 is 0 Å². The van der Waals surface area contributed by atoms with E-state index in [0.29, 0.717) is 17.8 Å². The molecule has 1 aliphatic carbocycles. The first-order valence-electron chi connectivity index (χ1n) is 6.58. The van der Waals surface area contributed by atoms with E-state index in [1.54, 1.807) is 6.07 Å². The molecule has 0 amide bonds. The highest BCUT2D eigenvalue weighted by Gasteiger charge is 2.53. The molecule has 0 aliphatic heterocycles. The molecule has 0 aromatic carbocycles. The third-order valence-electron chi connectivity index (χ3n) is 4.40. The van der Waals surface area contributed by atoms with Crippen LogP contribution in [0.25, 0.3) is 0 Å². The van der Waals surface area contributed by atoms with Gasteiger partial charge in [0, 0.05) is 12.1 Å². The predicted molar refractivity (Wildman–Crippen MR) is 72.8 cm³/mol. The van der Waals surface area contributed by atoms with Gasteiger partial charge in [0.05, 0.1) is 17.7 Å². The summed E-state index contributed by atoms with van der Waals surface area (Å²) in [6.07, 6.45) is 2.06. The maximum Gasteiger partial charge on any atom is 0.307 e. The van der Waals surface area contributed by atoms with Crippen molar-refractivity contribution in [2.45, 2.75) is 33.2 Å². The van der Waals surface area contributed by atoms with E-state index in [9.17, 15) is 4.79 Å². The standard InChI is InChI=1S/C14H18N4O2/c1-8(10-5-11(13(19)20)14(10,2)3)17-12-4-9(6-15)7-16-18-12/h4,7-8,10-11H,5H2,1-3H3,(H,17,18)(H,19,20)/t8?,10-,11+/m0/s1. The van der Waals surface area contributed by atoms with Crippen LogP contribution in [0.3, 0.4) is 0 Å². The van der Waals surface area contributed by atoms with Gasteiger partial charge in [0.1, 0.15) is 11.9 Å². The van der Waals surface area contributed by atoms with Crippen LogP contribution < -0.4 is 5.32 Å². The lowest BCUT2D eigenvalue weighted by Crippen LogP contribution is -2.54. The van der Waals surface area contributed by atoms with Gasteiger partial charge in [0.25, 0.3) is 0 Å². The number of nitrogens with one attached hydrogen (secondary N) is 1. The number of rotatable bonds is 4. The molecule has 1 unspecified atom stereocenters. The molecule has 6 nitrogen and oxygen atoms in total. The van der Waals surface area contributed by atoms with Crippen LogP contribution >= 0.6 is 0 Å². The van der Waals surface area contributed by atoms with E-state index < -0.39 is 5.97 Å². The summed E-state index contributed by atoms with van der Waals surface area (Å²) in [6.45, 7) is 5.97. The molecule has 20 heavy (non-hydrogen) atoms. The number of carboxylic acid groups (broad SMARTS) is 1. The molecule has 0 radical (unpaired) electrons. The highest BCUT2D eigenvalue weighted by atomic mass is 16.4. The monoisotopic (exact) mass is 274 g/mol. The maximum atomic E-state index is 11.1. The normalized spacial score (nSPS) is 25.1. The van der Waals surface area contributed by atoms with Gasteiger partial charge in [0.15, 0.2) is 0 Å². The van der Waals surface area contributed by atoms with E-state index in [1.165, 1.54) is 6.20 Å². The van der Waals surface area contributed by atoms with Crippen LogP contribution in [-0.2, 0) is 4.79 Å². The van der Waals surface area contributed by atoms with Crippen molar-refractivity contribution in [3.8, 4) is 6.07 Å². The first-order valence-corrected chi connectivity index (χ1v) is 6.58. The lowest BCUT2D eigenvalue weighted by Gasteiger charge is -2.52. The van der Waals surface area contributed by atoms with Crippen molar-refractivity contribution in [3.05, 3.63) is 17.8 Å². The number of nitrogens with zero attached hydrogens (tertiary/aromatic N) is 3. The zero-order valence-corrected chi connectivity index (χ0v) is 11.8. The largest absolute Gasteiger partial charge is 0.481 e. The number of hydrogen-bond donors (Lipinski definition) is 2. The SMILES string of the molecule is CC(Nc1cc(C#N)cnn1)[C@@H]1C[C@H](C(=O)O)C1(C)C. The lowest BCUT2D eigenvalue weighted by molar-refractivity contribution is -0.159. The minimum Gasteiger partial charge on any atom is -0.481 e. The summed E-state index contributed by atoms with van der Waals surface area (Å²) in [5.74, 6) is -0.236. The molecule has 1 heterocycles. The third kappa shape index (κ3) is 2.44. The molecular weight excluding hydrogens is 256 g/mol. The van der Waals surface area contributed by atoms with Gasteiger partial charge < -0.3 is 10.4 Å². The maximum absolute atomic E-state index is 11.1. The summed E-state index contributed by atoms with van der Waals surface area (Å²) >= 11 is 0. The van der Waals surface area contributed by atoms with E-state index in [-0.39, 0.29) is 23.3 Å². The zero-order valence-electron chi connectivity index (χ0n) is 11.8. The summed E-state index contributed by atoms with van der Waals surface area (Å²) in [6, 6.07) is 3.73. The van der Waals surface area contributed by atoms with Gasteiger partial charge in [-0.15, -0.1) is 5.10 Å². The number of carbonyl (C=O) groups is 1. The summed E-state index contributed by atoms with van der Waals surface area (Å²) in [5, 5.41) is 28.9. The summed E-state index contributed by atoms with van der Waals surface area (Å²) in [5.41, 5.74) is 0.199. The van der Waals surface area contributed by atoms with E-state index in [1.807, 2.05) is 26.8 Å². The van der Waals surface area contributed by atoms with Crippen LogP contribution in [0.5, 0.6) is 0 Å². The highest BCUT2D eigenvalue weighted by Crippen LogP contribution is 2.53. The molecule has 1 fully saturated rings. The van der Waals surface area contributed by atoms with Gasteiger partial charge in [-0.3, -0.25) is 4.79 Å². The van der Waals surface area contributed by atoms with Crippen molar-refractivity contribution in [1.29, 1.82) is 5.26 Å². The molecule has 1 aliphatic rings. The van der Waals surface area contributed by atoms with Crippen LogP contribution in [0.15, 0.2) is 12.3 Å². The fraction of sp³-hybridized carbons (Fsp3) is 0.571. The van der Waals surface area contributed by atoms with Gasteiger partial charge in [-0.2, -0.15) is 10.4 Å². The topological polar surface area (TPSA) is 98.9 Å². The Balaban J connectivity index is 2.05. The number of aromatic nitrogens is 2. The molecule has 0 spiro atoms. The summed E-state index contributed by atoms with van der Waals surface area (Å²) < 4.78 is 0. The van der Waals surface area contributed by atoms with Gasteiger partial charge in [-0.25, -0.2) is 0 Å². The van der Waals surface area contributed by atoms with Gasteiger partial charge in [-0.05, 0) is 24.7 Å². The lowest BCUT2D eigenvalue weighted by atomic mass is 9.53. The Bertz CT molecular complexity index is 565. The van der Waals surface area contributed by atoms with Crippen LogP contribution in [0.4, 0.5) is 5.82 Å². The van der Waals surface area contributed by atoms with Crippen molar-refractivity contribution in [3.63, 3.8) is 0 Å². The van der Waals surface area contributed by atoms with Crippen molar-refractivity contribution in [2.75, 3.05) is 5.32 Å². The Labute approximate surface area is 117 Å². The van der Waals surface area contributed by atoms with Crippen molar-refractivity contribution in [1.82, 2.24) is 10.2 Å². The first kappa shape index (κ1) is 14.3. The molecule has 106 valence electrons. The number of hydrogen-bond acceptors (Lipinski definition) is 5. The predicted octanol–water partition coefficient (Wildman–Crippen LogP) is 1.90. The van der Waals surface area contributed by atoms with Crippen LogP contribution in [0, 0.1) is 28.6 Å². The minimum atomic E-state index is -0.732. The second kappa shape index (κ2) is 5.08. The third-order valence-corrected chi connectivity index (χ3v) is 4.40. The second-order valence-electron chi connectivity index (χ2n) is 5.93. The number of nitriles is 1. The molecule has 1 aromatic heterocycles. The number of carboxylic acids is 1. The van der Waals surface area contributed by atoms with E-state index in [0.717, 1.165) is 0 Å². The molecule has 1 aromatic rings. The Morgan fingerprint density at radius 2 is 2.35 bits per heavy atom. The second-order valence-corrected chi connectivity index (χ2v) is 5.93. The van der Waals surface area contributed by atoms with Crippen LogP contribution in [0.2, 0.25) is 0 Å². The summed E-state index contributed by atoms with van der Waals surface area (Å²) in [7, 11) is 0. The first-order chi connectivity index (χ1) is 9.36. The Hall–Kier alpha value is -2.16. The van der Waals surface area contributed by atoms with Crippen molar-refractivity contribution < 1.29 is 9.90 Å². The van der Waals surface area contributed by atoms with Gasteiger partial charge >= 0.3 is 5.97 Å². The van der Waals surface area contributed by atoms with Gasteiger partial charge in [-0.1, -0.05) is 13.8 Å². The Morgan fingerprint density at radius 1 is 1.65 bits per heavy atom. The van der Waals surface area contributed by atoms with Gasteiger partial charge in [0.2, 0.25) is 0 Å². The molecule has 1 saturated carbocycles. The van der Waals surface area contributed by atoms with Crippen molar-refractivity contribution in [2.24, 2.45) is 17.3 Å². The molecule has 2 N–H and O–H groups in total. The molecule has 2 rings (SSSR count). The quantitative estimate of drug-likeness (QED) is 0.870. The average Bonchev–Trinajstić information content (AvgIpc) is 2.37. The number of anilines is 1. The molecule has 6 heteroatoms. The van der Waals surface area contributed by atoms with Crippen molar-refractivity contribution >= 4 is 11.8 Å². The molecule has 0 saturated heterocycles. The summed E-state index contributed by atoms with van der Waals surface area (Å²) in [4.78, 5) is 11.1. The fourth-order valence-electron chi connectivity index (χ4n) is 3.06. The number of aliphatic carboxylic acids is 1. The van der Waals surface area contributed by atoms with Crippen LogP contribution in [-0.4, -0.2) is 27.3 Å². The average molecular weight is 274 g/mol.